The van der Waals surface area contributed by atoms with E-state index in [0.717, 1.165) is 41.0 Å². The SMILES string of the molecule is CSCc1nc2ccccc2n1CC(=O)N(Cc1ccc(F)cc1)C1CC1. The van der Waals surface area contributed by atoms with Gasteiger partial charge in [0.1, 0.15) is 18.2 Å². The Balaban J connectivity index is 1.58. The Morgan fingerprint density at radius 3 is 2.67 bits per heavy atom. The average molecular weight is 383 g/mol. The summed E-state index contributed by atoms with van der Waals surface area (Å²) in [7, 11) is 0. The van der Waals surface area contributed by atoms with Crippen LogP contribution in [-0.4, -0.2) is 32.7 Å². The number of nitrogens with zero attached hydrogens (tertiary/aromatic N) is 3. The fourth-order valence-corrected chi connectivity index (χ4v) is 3.84. The van der Waals surface area contributed by atoms with E-state index in [1.165, 1.54) is 12.1 Å². The van der Waals surface area contributed by atoms with Crippen LogP contribution < -0.4 is 0 Å². The standard InChI is InChI=1S/C21H22FN3OS/c1-27-14-20-23-18-4-2-3-5-19(18)25(20)13-21(26)24(17-10-11-17)12-15-6-8-16(22)9-7-15/h2-9,17H,10-14H2,1H3. The van der Waals surface area contributed by atoms with Crippen LogP contribution in [0.1, 0.15) is 24.2 Å². The molecule has 0 radical (unpaired) electrons. The maximum atomic E-state index is 13.2. The molecule has 0 spiro atoms. The van der Waals surface area contributed by atoms with Crippen LogP contribution >= 0.6 is 11.8 Å². The molecule has 1 amide bonds. The number of aromatic nitrogens is 2. The quantitative estimate of drug-likeness (QED) is 0.613. The van der Waals surface area contributed by atoms with Crippen molar-refractivity contribution in [1.29, 1.82) is 0 Å². The lowest BCUT2D eigenvalue weighted by molar-refractivity contribution is -0.133. The van der Waals surface area contributed by atoms with E-state index >= 15 is 0 Å². The molecule has 2 aromatic carbocycles. The topological polar surface area (TPSA) is 38.1 Å². The van der Waals surface area contributed by atoms with E-state index in [1.54, 1.807) is 23.9 Å². The van der Waals surface area contributed by atoms with Gasteiger partial charge >= 0.3 is 0 Å². The number of fused-ring (bicyclic) bond motifs is 1. The summed E-state index contributed by atoms with van der Waals surface area (Å²) < 4.78 is 15.2. The second-order valence-corrected chi connectivity index (χ2v) is 7.78. The zero-order valence-electron chi connectivity index (χ0n) is 15.3. The summed E-state index contributed by atoms with van der Waals surface area (Å²) in [4.78, 5) is 19.8. The molecular weight excluding hydrogens is 361 g/mol. The van der Waals surface area contributed by atoms with E-state index in [-0.39, 0.29) is 18.3 Å². The van der Waals surface area contributed by atoms with Crippen LogP contribution in [-0.2, 0) is 23.6 Å². The van der Waals surface area contributed by atoms with Crippen molar-refractivity contribution in [2.24, 2.45) is 0 Å². The van der Waals surface area contributed by atoms with Crippen LogP contribution in [0.5, 0.6) is 0 Å². The first kappa shape index (κ1) is 18.0. The Hall–Kier alpha value is -2.34. The number of hydrogen-bond donors (Lipinski definition) is 0. The summed E-state index contributed by atoms with van der Waals surface area (Å²) in [5.74, 6) is 1.53. The smallest absolute Gasteiger partial charge is 0.243 e. The molecule has 1 heterocycles. The Morgan fingerprint density at radius 1 is 1.22 bits per heavy atom. The molecule has 0 atom stereocenters. The molecule has 140 valence electrons. The summed E-state index contributed by atoms with van der Waals surface area (Å²) in [5.41, 5.74) is 2.87. The lowest BCUT2D eigenvalue weighted by Gasteiger charge is -2.23. The van der Waals surface area contributed by atoms with Crippen LogP contribution in [0.15, 0.2) is 48.5 Å². The molecule has 0 saturated heterocycles. The molecule has 1 saturated carbocycles. The molecule has 0 bridgehead atoms. The van der Waals surface area contributed by atoms with Gasteiger partial charge in [-0.3, -0.25) is 4.79 Å². The fraction of sp³-hybridized carbons (Fsp3) is 0.333. The van der Waals surface area contributed by atoms with Crippen molar-refractivity contribution >= 4 is 28.7 Å². The first-order valence-electron chi connectivity index (χ1n) is 9.12. The largest absolute Gasteiger partial charge is 0.334 e. The number of thioether (sulfide) groups is 1. The van der Waals surface area contributed by atoms with Crippen molar-refractivity contribution in [3.8, 4) is 0 Å². The first-order chi connectivity index (χ1) is 13.2. The summed E-state index contributed by atoms with van der Waals surface area (Å²) >= 11 is 1.70. The van der Waals surface area contributed by atoms with Gasteiger partial charge in [-0.15, -0.1) is 0 Å². The van der Waals surface area contributed by atoms with Gasteiger partial charge in [-0.1, -0.05) is 24.3 Å². The van der Waals surface area contributed by atoms with Gasteiger partial charge in [0.05, 0.1) is 16.8 Å². The molecule has 1 aromatic heterocycles. The van der Waals surface area contributed by atoms with E-state index in [2.05, 4.69) is 0 Å². The third kappa shape index (κ3) is 4.00. The van der Waals surface area contributed by atoms with E-state index in [4.69, 9.17) is 4.98 Å². The van der Waals surface area contributed by atoms with Crippen LogP contribution in [0.25, 0.3) is 11.0 Å². The second-order valence-electron chi connectivity index (χ2n) is 6.92. The normalized spacial score (nSPS) is 13.9. The fourth-order valence-electron chi connectivity index (χ4n) is 3.36. The van der Waals surface area contributed by atoms with Crippen molar-refractivity contribution in [3.63, 3.8) is 0 Å². The Bertz CT molecular complexity index is 950. The number of rotatable bonds is 7. The molecule has 27 heavy (non-hydrogen) atoms. The number of imidazole rings is 1. The molecule has 1 fully saturated rings. The molecule has 6 heteroatoms. The Morgan fingerprint density at radius 2 is 1.96 bits per heavy atom. The molecule has 1 aliphatic carbocycles. The zero-order valence-corrected chi connectivity index (χ0v) is 16.1. The van der Waals surface area contributed by atoms with Crippen molar-refractivity contribution < 1.29 is 9.18 Å². The molecule has 4 rings (SSSR count). The Labute approximate surface area is 162 Å². The molecule has 3 aromatic rings. The number of halogens is 1. The summed E-state index contributed by atoms with van der Waals surface area (Å²) in [6.07, 6.45) is 4.11. The summed E-state index contributed by atoms with van der Waals surface area (Å²) in [5, 5.41) is 0. The zero-order chi connectivity index (χ0) is 18.8. The van der Waals surface area contributed by atoms with Crippen LogP contribution in [0.2, 0.25) is 0 Å². The van der Waals surface area contributed by atoms with E-state index in [1.807, 2.05) is 40.0 Å². The van der Waals surface area contributed by atoms with Crippen LogP contribution in [0, 0.1) is 5.82 Å². The predicted octanol–water partition coefficient (Wildman–Crippen LogP) is 4.23. The van der Waals surface area contributed by atoms with Gasteiger partial charge in [0.2, 0.25) is 5.91 Å². The highest BCUT2D eigenvalue weighted by Crippen LogP contribution is 2.29. The van der Waals surface area contributed by atoms with E-state index < -0.39 is 0 Å². The minimum absolute atomic E-state index is 0.0901. The molecular formula is C21H22FN3OS. The second kappa shape index (κ2) is 7.72. The third-order valence-corrected chi connectivity index (χ3v) is 5.42. The number of carbonyl (C=O) groups excluding carboxylic acids is 1. The van der Waals surface area contributed by atoms with Gasteiger partial charge in [-0.2, -0.15) is 11.8 Å². The highest BCUT2D eigenvalue weighted by atomic mass is 32.2. The van der Waals surface area contributed by atoms with Crippen molar-refractivity contribution in [2.75, 3.05) is 6.26 Å². The maximum absolute atomic E-state index is 13.2. The monoisotopic (exact) mass is 383 g/mol. The molecule has 0 aliphatic heterocycles. The first-order valence-corrected chi connectivity index (χ1v) is 10.5. The van der Waals surface area contributed by atoms with E-state index in [0.29, 0.717) is 12.6 Å². The van der Waals surface area contributed by atoms with Crippen molar-refractivity contribution in [2.45, 2.75) is 37.7 Å². The Kier molecular flexibility index (Phi) is 5.16. The molecule has 4 nitrogen and oxygen atoms in total. The lowest BCUT2D eigenvalue weighted by Crippen LogP contribution is -2.35. The highest BCUT2D eigenvalue weighted by molar-refractivity contribution is 7.97. The van der Waals surface area contributed by atoms with Crippen LogP contribution in [0.3, 0.4) is 0 Å². The van der Waals surface area contributed by atoms with Gasteiger partial charge in [0.25, 0.3) is 0 Å². The van der Waals surface area contributed by atoms with Gasteiger partial charge in [-0.25, -0.2) is 9.37 Å². The minimum Gasteiger partial charge on any atom is -0.334 e. The van der Waals surface area contributed by atoms with Crippen LogP contribution in [0.4, 0.5) is 4.39 Å². The van der Waals surface area contributed by atoms with E-state index in [9.17, 15) is 9.18 Å². The minimum atomic E-state index is -0.255. The molecule has 0 N–H and O–H groups in total. The number of carbonyl (C=O) groups is 1. The summed E-state index contributed by atoms with van der Waals surface area (Å²) in [6, 6.07) is 14.6. The van der Waals surface area contributed by atoms with Crippen molar-refractivity contribution in [1.82, 2.24) is 14.5 Å². The number of hydrogen-bond acceptors (Lipinski definition) is 3. The molecule has 0 unspecified atom stereocenters. The average Bonchev–Trinajstić information content (AvgIpc) is 3.45. The maximum Gasteiger partial charge on any atom is 0.243 e. The number of para-hydroxylation sites is 2. The van der Waals surface area contributed by atoms with Gasteiger partial charge in [0.15, 0.2) is 0 Å². The number of amides is 1. The lowest BCUT2D eigenvalue weighted by atomic mass is 10.2. The predicted molar refractivity (Wildman–Crippen MR) is 107 cm³/mol. The van der Waals surface area contributed by atoms with Gasteiger partial charge in [-0.05, 0) is 48.9 Å². The highest BCUT2D eigenvalue weighted by Gasteiger charge is 2.33. The van der Waals surface area contributed by atoms with Crippen molar-refractivity contribution in [3.05, 3.63) is 65.7 Å². The number of benzene rings is 2. The molecule has 1 aliphatic rings. The third-order valence-electron chi connectivity index (χ3n) is 4.87. The van der Waals surface area contributed by atoms with Gasteiger partial charge < -0.3 is 9.47 Å². The summed E-state index contributed by atoms with van der Waals surface area (Å²) in [6.45, 7) is 0.808. The van der Waals surface area contributed by atoms with Gasteiger partial charge in [0, 0.05) is 12.6 Å².